The van der Waals surface area contributed by atoms with Crippen LogP contribution in [0.5, 0.6) is 5.75 Å². The van der Waals surface area contributed by atoms with Gasteiger partial charge in [-0.1, -0.05) is 60.2 Å². The normalized spacial score (nSPS) is 19.3. The van der Waals surface area contributed by atoms with Gasteiger partial charge in [-0.3, -0.25) is 4.90 Å². The number of ether oxygens (including phenoxy) is 1. The fourth-order valence-electron chi connectivity index (χ4n) is 3.23. The lowest BCUT2D eigenvalue weighted by atomic mass is 10.0. The molecule has 23 heavy (non-hydrogen) atoms. The van der Waals surface area contributed by atoms with Crippen LogP contribution in [0.4, 0.5) is 11.4 Å². The second-order valence-corrected chi connectivity index (χ2v) is 6.09. The van der Waals surface area contributed by atoms with Gasteiger partial charge in [0, 0.05) is 11.3 Å². The number of anilines is 2. The van der Waals surface area contributed by atoms with E-state index >= 15 is 0 Å². The van der Waals surface area contributed by atoms with Gasteiger partial charge in [-0.15, -0.1) is 0 Å². The van der Waals surface area contributed by atoms with Crippen molar-refractivity contribution in [1.82, 2.24) is 0 Å². The van der Waals surface area contributed by atoms with E-state index in [2.05, 4.69) is 79.4 Å². The molecule has 114 valence electrons. The molecule has 0 N–H and O–H groups in total. The van der Waals surface area contributed by atoms with Crippen molar-refractivity contribution in [3.63, 3.8) is 0 Å². The van der Waals surface area contributed by atoms with E-state index < -0.39 is 5.72 Å². The summed E-state index contributed by atoms with van der Waals surface area (Å²) < 4.78 is 6.41. The van der Waals surface area contributed by atoms with Crippen LogP contribution < -0.4 is 9.64 Å². The second-order valence-electron chi connectivity index (χ2n) is 6.09. The van der Waals surface area contributed by atoms with E-state index in [1.54, 1.807) is 0 Å². The third-order valence-electron chi connectivity index (χ3n) is 4.44. The first-order chi connectivity index (χ1) is 11.2. The monoisotopic (exact) mass is 301 g/mol. The first-order valence-electron chi connectivity index (χ1n) is 7.89. The first kappa shape index (κ1) is 13.9. The smallest absolute Gasteiger partial charge is 0.210 e. The molecule has 0 bridgehead atoms. The van der Waals surface area contributed by atoms with Crippen molar-refractivity contribution < 1.29 is 4.74 Å². The number of hydrogen-bond acceptors (Lipinski definition) is 2. The molecule has 0 amide bonds. The molecule has 0 aliphatic carbocycles. The van der Waals surface area contributed by atoms with Gasteiger partial charge in [-0.2, -0.15) is 0 Å². The molecule has 1 unspecified atom stereocenters. The van der Waals surface area contributed by atoms with Gasteiger partial charge in [0.2, 0.25) is 5.72 Å². The molecule has 0 aromatic heterocycles. The number of para-hydroxylation sites is 3. The summed E-state index contributed by atoms with van der Waals surface area (Å²) in [5.74, 6) is 0.916. The molecule has 3 aromatic carbocycles. The number of benzene rings is 3. The quantitative estimate of drug-likeness (QED) is 0.628. The van der Waals surface area contributed by atoms with Crippen molar-refractivity contribution in [2.75, 3.05) is 4.90 Å². The van der Waals surface area contributed by atoms with Gasteiger partial charge in [-0.25, -0.2) is 0 Å². The second kappa shape index (κ2) is 5.17. The molecule has 4 rings (SSSR count). The highest BCUT2D eigenvalue weighted by atomic mass is 16.5. The molecule has 1 aliphatic heterocycles. The maximum absolute atomic E-state index is 6.41. The Hall–Kier alpha value is -2.74. The molecule has 0 spiro atoms. The van der Waals surface area contributed by atoms with Gasteiger partial charge >= 0.3 is 0 Å². The molecule has 0 fully saturated rings. The van der Waals surface area contributed by atoms with Crippen LogP contribution >= 0.6 is 0 Å². The Morgan fingerprint density at radius 1 is 0.783 bits per heavy atom. The molecule has 0 saturated carbocycles. The Morgan fingerprint density at radius 3 is 2.17 bits per heavy atom. The summed E-state index contributed by atoms with van der Waals surface area (Å²) >= 11 is 0. The van der Waals surface area contributed by atoms with Crippen LogP contribution in [-0.2, 0) is 5.72 Å². The van der Waals surface area contributed by atoms with Gasteiger partial charge < -0.3 is 4.74 Å². The van der Waals surface area contributed by atoms with Crippen LogP contribution in [0, 0.1) is 6.92 Å². The summed E-state index contributed by atoms with van der Waals surface area (Å²) in [5.41, 5.74) is 4.06. The fraction of sp³-hybridized carbons (Fsp3) is 0.143. The molecular weight excluding hydrogens is 282 g/mol. The highest BCUT2D eigenvalue weighted by Crippen LogP contribution is 2.50. The molecular formula is C21H19NO. The number of hydrogen-bond donors (Lipinski definition) is 0. The zero-order chi connectivity index (χ0) is 15.9. The van der Waals surface area contributed by atoms with Gasteiger partial charge in [0.05, 0.1) is 5.69 Å². The average molecular weight is 301 g/mol. The maximum atomic E-state index is 6.41. The Bertz CT molecular complexity index is 826. The van der Waals surface area contributed by atoms with Crippen LogP contribution in [0.1, 0.15) is 18.1 Å². The van der Waals surface area contributed by atoms with Crippen LogP contribution in [0.3, 0.4) is 0 Å². The molecule has 1 aliphatic rings. The zero-order valence-electron chi connectivity index (χ0n) is 13.4. The van der Waals surface area contributed by atoms with Crippen molar-refractivity contribution in [3.8, 4) is 5.75 Å². The summed E-state index contributed by atoms with van der Waals surface area (Å²) in [6.45, 7) is 4.23. The summed E-state index contributed by atoms with van der Waals surface area (Å²) in [4.78, 5) is 2.27. The molecule has 2 heteroatoms. The number of fused-ring (bicyclic) bond motifs is 1. The maximum Gasteiger partial charge on any atom is 0.210 e. The lowest BCUT2D eigenvalue weighted by Crippen LogP contribution is -2.41. The SMILES string of the molecule is Cc1ccc(C2(C)Oc3ccccc3N2c2ccccc2)cc1. The first-order valence-corrected chi connectivity index (χ1v) is 7.89. The van der Waals surface area contributed by atoms with E-state index in [0.717, 1.165) is 22.7 Å². The average Bonchev–Trinajstić information content (AvgIpc) is 2.89. The lowest BCUT2D eigenvalue weighted by molar-refractivity contribution is 0.119. The molecule has 3 aromatic rings. The number of nitrogens with zero attached hydrogens (tertiary/aromatic N) is 1. The van der Waals surface area contributed by atoms with E-state index in [-0.39, 0.29) is 0 Å². The summed E-state index contributed by atoms with van der Waals surface area (Å²) in [6.07, 6.45) is 0. The third-order valence-corrected chi connectivity index (χ3v) is 4.44. The van der Waals surface area contributed by atoms with Crippen molar-refractivity contribution in [2.45, 2.75) is 19.6 Å². The Kier molecular flexibility index (Phi) is 3.12. The third kappa shape index (κ3) is 2.18. The lowest BCUT2D eigenvalue weighted by Gasteiger charge is -2.35. The molecule has 0 radical (unpaired) electrons. The van der Waals surface area contributed by atoms with E-state index in [0.29, 0.717) is 0 Å². The Labute approximate surface area is 137 Å². The Balaban J connectivity index is 1.91. The van der Waals surface area contributed by atoms with Gasteiger partial charge in [-0.05, 0) is 38.1 Å². The predicted molar refractivity (Wildman–Crippen MR) is 94.2 cm³/mol. The fourth-order valence-corrected chi connectivity index (χ4v) is 3.23. The minimum absolute atomic E-state index is 0.557. The van der Waals surface area contributed by atoms with Crippen molar-refractivity contribution in [2.24, 2.45) is 0 Å². The van der Waals surface area contributed by atoms with Crippen molar-refractivity contribution in [1.29, 1.82) is 0 Å². The topological polar surface area (TPSA) is 12.5 Å². The van der Waals surface area contributed by atoms with Crippen LogP contribution in [0.15, 0.2) is 78.9 Å². The van der Waals surface area contributed by atoms with Gasteiger partial charge in [0.1, 0.15) is 5.75 Å². The van der Waals surface area contributed by atoms with Crippen LogP contribution in [0.2, 0.25) is 0 Å². The van der Waals surface area contributed by atoms with Crippen LogP contribution in [0.25, 0.3) is 0 Å². The highest BCUT2D eigenvalue weighted by Gasteiger charge is 2.44. The summed E-state index contributed by atoms with van der Waals surface area (Å²) in [6, 6.07) is 27.2. The zero-order valence-corrected chi connectivity index (χ0v) is 13.4. The molecule has 0 saturated heterocycles. The van der Waals surface area contributed by atoms with Crippen molar-refractivity contribution in [3.05, 3.63) is 90.0 Å². The molecule has 2 nitrogen and oxygen atoms in total. The van der Waals surface area contributed by atoms with E-state index in [9.17, 15) is 0 Å². The molecule has 1 atom stereocenters. The minimum Gasteiger partial charge on any atom is -0.461 e. The summed E-state index contributed by atoms with van der Waals surface area (Å²) in [5, 5.41) is 0. The van der Waals surface area contributed by atoms with E-state index in [1.807, 2.05) is 18.2 Å². The largest absolute Gasteiger partial charge is 0.461 e. The van der Waals surface area contributed by atoms with Crippen molar-refractivity contribution >= 4 is 11.4 Å². The number of aryl methyl sites for hydroxylation is 1. The predicted octanol–water partition coefficient (Wildman–Crippen LogP) is 5.40. The standard InChI is InChI=1S/C21H19NO/c1-16-12-14-17(15-13-16)21(2)22(18-8-4-3-5-9-18)19-10-6-7-11-20(19)23-21/h3-15H,1-2H3. The van der Waals surface area contributed by atoms with Gasteiger partial charge in [0.25, 0.3) is 0 Å². The van der Waals surface area contributed by atoms with Crippen LogP contribution in [-0.4, -0.2) is 0 Å². The van der Waals surface area contributed by atoms with E-state index in [4.69, 9.17) is 4.74 Å². The van der Waals surface area contributed by atoms with E-state index in [1.165, 1.54) is 5.56 Å². The number of rotatable bonds is 2. The summed E-state index contributed by atoms with van der Waals surface area (Å²) in [7, 11) is 0. The van der Waals surface area contributed by atoms with Gasteiger partial charge in [0.15, 0.2) is 0 Å². The molecule has 1 heterocycles. The highest BCUT2D eigenvalue weighted by molar-refractivity contribution is 5.74. The minimum atomic E-state index is -0.557. The Morgan fingerprint density at radius 2 is 1.43 bits per heavy atom.